The smallest absolute Gasteiger partial charge is 0.336 e. The number of aromatic nitrogens is 1. The zero-order valence-electron chi connectivity index (χ0n) is 14.6. The second-order valence-electron chi connectivity index (χ2n) is 5.96. The molecule has 3 rings (SSSR count). The summed E-state index contributed by atoms with van der Waals surface area (Å²) in [6.07, 6.45) is 1.98. The van der Waals surface area contributed by atoms with E-state index in [-0.39, 0.29) is 17.5 Å². The molecule has 0 aliphatic heterocycles. The highest BCUT2D eigenvalue weighted by Crippen LogP contribution is 2.19. The van der Waals surface area contributed by atoms with E-state index in [0.717, 1.165) is 16.5 Å². The number of amides is 1. The van der Waals surface area contributed by atoms with Crippen LogP contribution < -0.4 is 5.32 Å². The Balaban J connectivity index is 1.87. The third-order valence-corrected chi connectivity index (χ3v) is 4.29. The van der Waals surface area contributed by atoms with Gasteiger partial charge in [-0.25, -0.2) is 9.59 Å². The summed E-state index contributed by atoms with van der Waals surface area (Å²) in [4.78, 5) is 39.2. The van der Waals surface area contributed by atoms with Gasteiger partial charge in [-0.2, -0.15) is 0 Å². The van der Waals surface area contributed by atoms with Crippen molar-refractivity contribution in [2.24, 2.45) is 0 Å². The standard InChI is InChI=1S/C20H18N2O5/c1-27-20(26)17(10-12-11-21-16-9-5-4-6-13(12)16)22-18(23)14-7-2-3-8-15(14)19(24)25/h2-9,11,17,21H,10H2,1H3,(H,22,23)(H,24,25)/t17-/m0/s1. The minimum atomic E-state index is -1.22. The van der Waals surface area contributed by atoms with Crippen LogP contribution in [-0.2, 0) is 16.0 Å². The molecule has 3 aromatic rings. The average molecular weight is 366 g/mol. The van der Waals surface area contributed by atoms with E-state index >= 15 is 0 Å². The molecule has 1 heterocycles. The van der Waals surface area contributed by atoms with Crippen LogP contribution in [0.25, 0.3) is 10.9 Å². The number of para-hydroxylation sites is 1. The van der Waals surface area contributed by atoms with Crippen LogP contribution >= 0.6 is 0 Å². The summed E-state index contributed by atoms with van der Waals surface area (Å²) in [5.41, 5.74) is 1.61. The number of aromatic carboxylic acids is 1. The monoisotopic (exact) mass is 366 g/mol. The average Bonchev–Trinajstić information content (AvgIpc) is 3.09. The van der Waals surface area contributed by atoms with Gasteiger partial charge in [0, 0.05) is 23.5 Å². The van der Waals surface area contributed by atoms with E-state index in [1.807, 2.05) is 24.3 Å². The Kier molecular flexibility index (Phi) is 5.21. The molecule has 0 fully saturated rings. The number of carbonyl (C=O) groups excluding carboxylic acids is 2. The van der Waals surface area contributed by atoms with Crippen molar-refractivity contribution in [3.63, 3.8) is 0 Å². The summed E-state index contributed by atoms with van der Waals surface area (Å²) in [6, 6.07) is 12.5. The van der Waals surface area contributed by atoms with Crippen LogP contribution in [0.4, 0.5) is 0 Å². The first kappa shape index (κ1) is 18.2. The Morgan fingerprint density at radius 1 is 1.07 bits per heavy atom. The molecule has 1 aromatic heterocycles. The molecule has 1 atom stereocenters. The summed E-state index contributed by atoms with van der Waals surface area (Å²) in [5.74, 6) is -2.48. The largest absolute Gasteiger partial charge is 0.478 e. The van der Waals surface area contributed by atoms with Gasteiger partial charge in [0.25, 0.3) is 5.91 Å². The lowest BCUT2D eigenvalue weighted by atomic mass is 10.0. The first-order chi connectivity index (χ1) is 13.0. The number of rotatable bonds is 6. The molecule has 1 amide bonds. The maximum Gasteiger partial charge on any atom is 0.336 e. The maximum absolute atomic E-state index is 12.6. The van der Waals surface area contributed by atoms with Crippen molar-refractivity contribution >= 4 is 28.7 Å². The van der Waals surface area contributed by atoms with Crippen LogP contribution in [0.3, 0.4) is 0 Å². The Morgan fingerprint density at radius 3 is 2.44 bits per heavy atom. The predicted octanol–water partition coefficient (Wildman–Crippen LogP) is 2.38. The van der Waals surface area contributed by atoms with Gasteiger partial charge in [-0.1, -0.05) is 30.3 Å². The van der Waals surface area contributed by atoms with Crippen LogP contribution in [0.2, 0.25) is 0 Å². The number of ether oxygens (including phenoxy) is 1. The number of H-pyrrole nitrogens is 1. The van der Waals surface area contributed by atoms with E-state index in [4.69, 9.17) is 4.74 Å². The molecule has 0 aliphatic rings. The lowest BCUT2D eigenvalue weighted by Gasteiger charge is -2.17. The van der Waals surface area contributed by atoms with Crippen molar-refractivity contribution in [1.29, 1.82) is 0 Å². The molecule has 3 N–H and O–H groups in total. The van der Waals surface area contributed by atoms with Gasteiger partial charge in [0.1, 0.15) is 6.04 Å². The second-order valence-corrected chi connectivity index (χ2v) is 5.96. The van der Waals surface area contributed by atoms with Crippen molar-refractivity contribution in [1.82, 2.24) is 10.3 Å². The van der Waals surface area contributed by atoms with Gasteiger partial charge in [-0.3, -0.25) is 4.79 Å². The number of aromatic amines is 1. The fourth-order valence-corrected chi connectivity index (χ4v) is 2.96. The Morgan fingerprint density at radius 2 is 1.74 bits per heavy atom. The Labute approximate surface area is 155 Å². The summed E-state index contributed by atoms with van der Waals surface area (Å²) in [6.45, 7) is 0. The van der Waals surface area contributed by atoms with E-state index in [9.17, 15) is 19.5 Å². The van der Waals surface area contributed by atoms with Crippen LogP contribution in [0.1, 0.15) is 26.3 Å². The number of esters is 1. The summed E-state index contributed by atoms with van der Waals surface area (Å²) < 4.78 is 4.81. The van der Waals surface area contributed by atoms with Gasteiger partial charge in [0.15, 0.2) is 0 Å². The molecule has 138 valence electrons. The fourth-order valence-electron chi connectivity index (χ4n) is 2.96. The summed E-state index contributed by atoms with van der Waals surface area (Å²) in [7, 11) is 1.24. The minimum Gasteiger partial charge on any atom is -0.478 e. The first-order valence-electron chi connectivity index (χ1n) is 8.27. The van der Waals surface area contributed by atoms with Crippen molar-refractivity contribution in [2.45, 2.75) is 12.5 Å². The fraction of sp³-hybridized carbons (Fsp3) is 0.150. The van der Waals surface area contributed by atoms with Gasteiger partial charge >= 0.3 is 11.9 Å². The summed E-state index contributed by atoms with van der Waals surface area (Å²) >= 11 is 0. The molecule has 7 heteroatoms. The molecule has 0 saturated heterocycles. The van der Waals surface area contributed by atoms with Crippen LogP contribution in [0, 0.1) is 0 Å². The Hall–Kier alpha value is -3.61. The van der Waals surface area contributed by atoms with E-state index < -0.39 is 23.9 Å². The highest BCUT2D eigenvalue weighted by atomic mass is 16.5. The summed E-state index contributed by atoms with van der Waals surface area (Å²) in [5, 5.41) is 12.8. The van der Waals surface area contributed by atoms with E-state index in [0.29, 0.717) is 0 Å². The van der Waals surface area contributed by atoms with Gasteiger partial charge in [0.05, 0.1) is 18.2 Å². The van der Waals surface area contributed by atoms with Crippen LogP contribution in [0.15, 0.2) is 54.7 Å². The zero-order valence-corrected chi connectivity index (χ0v) is 14.6. The van der Waals surface area contributed by atoms with Gasteiger partial charge in [-0.15, -0.1) is 0 Å². The molecule has 0 saturated carbocycles. The maximum atomic E-state index is 12.6. The first-order valence-corrected chi connectivity index (χ1v) is 8.27. The van der Waals surface area contributed by atoms with E-state index in [1.54, 1.807) is 12.3 Å². The molecule has 27 heavy (non-hydrogen) atoms. The molecule has 7 nitrogen and oxygen atoms in total. The molecule has 0 aliphatic carbocycles. The number of benzene rings is 2. The molecule has 2 aromatic carbocycles. The van der Waals surface area contributed by atoms with Crippen molar-refractivity contribution in [3.8, 4) is 0 Å². The van der Waals surface area contributed by atoms with Gasteiger partial charge in [0.2, 0.25) is 0 Å². The second kappa shape index (κ2) is 7.74. The van der Waals surface area contributed by atoms with E-state index in [1.165, 1.54) is 25.3 Å². The number of nitrogens with one attached hydrogen (secondary N) is 2. The SMILES string of the molecule is COC(=O)[C@H](Cc1c[nH]c2ccccc12)NC(=O)c1ccccc1C(=O)O. The topological polar surface area (TPSA) is 108 Å². The molecule has 0 bridgehead atoms. The number of hydrogen-bond donors (Lipinski definition) is 3. The number of methoxy groups -OCH3 is 1. The van der Waals surface area contributed by atoms with Gasteiger partial charge < -0.3 is 20.1 Å². The molecule has 0 unspecified atom stereocenters. The lowest BCUT2D eigenvalue weighted by molar-refractivity contribution is -0.142. The molecular formula is C20H18N2O5. The van der Waals surface area contributed by atoms with Crippen molar-refractivity contribution < 1.29 is 24.2 Å². The van der Waals surface area contributed by atoms with Crippen molar-refractivity contribution in [3.05, 3.63) is 71.4 Å². The Bertz CT molecular complexity index is 1010. The third-order valence-electron chi connectivity index (χ3n) is 4.29. The number of carbonyl (C=O) groups is 3. The number of carboxylic acid groups (broad SMARTS) is 1. The molecular weight excluding hydrogens is 348 g/mol. The normalized spacial score (nSPS) is 11.7. The lowest BCUT2D eigenvalue weighted by Crippen LogP contribution is -2.43. The number of fused-ring (bicyclic) bond motifs is 1. The third kappa shape index (κ3) is 3.82. The van der Waals surface area contributed by atoms with Crippen LogP contribution in [0.5, 0.6) is 0 Å². The van der Waals surface area contributed by atoms with Gasteiger partial charge in [-0.05, 0) is 23.8 Å². The predicted molar refractivity (Wildman–Crippen MR) is 98.7 cm³/mol. The minimum absolute atomic E-state index is 0.0159. The zero-order chi connectivity index (χ0) is 19.4. The molecule has 0 radical (unpaired) electrons. The highest BCUT2D eigenvalue weighted by Gasteiger charge is 2.25. The van der Waals surface area contributed by atoms with Crippen LogP contribution in [-0.4, -0.2) is 41.1 Å². The number of carboxylic acids is 1. The highest BCUT2D eigenvalue weighted by molar-refractivity contribution is 6.05. The van der Waals surface area contributed by atoms with E-state index in [2.05, 4.69) is 10.3 Å². The number of hydrogen-bond acceptors (Lipinski definition) is 4. The quantitative estimate of drug-likeness (QED) is 0.581. The molecule has 0 spiro atoms. The van der Waals surface area contributed by atoms with Crippen molar-refractivity contribution in [2.75, 3.05) is 7.11 Å².